The number of aliphatic carboxylic acids is 1. The molecule has 1 amide bonds. The van der Waals surface area contributed by atoms with Crippen molar-refractivity contribution in [1.29, 1.82) is 0 Å². The zero-order valence-electron chi connectivity index (χ0n) is 12.5. The highest BCUT2D eigenvalue weighted by Gasteiger charge is 2.17. The van der Waals surface area contributed by atoms with Crippen LogP contribution in [0.4, 0.5) is 4.39 Å². The molecule has 116 valence electrons. The molecule has 1 atom stereocenters. The summed E-state index contributed by atoms with van der Waals surface area (Å²) in [6.07, 6.45) is 1.59. The molecule has 0 bridgehead atoms. The van der Waals surface area contributed by atoms with Gasteiger partial charge in [-0.25, -0.2) is 4.39 Å². The first-order chi connectivity index (χ1) is 9.91. The molecule has 1 rings (SSSR count). The van der Waals surface area contributed by atoms with E-state index in [1.165, 1.54) is 6.07 Å². The van der Waals surface area contributed by atoms with Crippen molar-refractivity contribution >= 4 is 11.9 Å². The molecule has 1 aromatic rings. The van der Waals surface area contributed by atoms with E-state index in [4.69, 9.17) is 5.11 Å². The number of carbonyl (C=O) groups is 2. The van der Waals surface area contributed by atoms with Crippen LogP contribution in [0, 0.1) is 11.7 Å². The maximum absolute atomic E-state index is 13.5. The van der Waals surface area contributed by atoms with E-state index < -0.39 is 5.97 Å². The molecule has 0 saturated carbocycles. The molecule has 1 aromatic carbocycles. The van der Waals surface area contributed by atoms with Crippen LogP contribution in [0.1, 0.15) is 31.7 Å². The molecule has 0 fully saturated rings. The summed E-state index contributed by atoms with van der Waals surface area (Å²) >= 11 is 0. The molecule has 0 heterocycles. The van der Waals surface area contributed by atoms with Gasteiger partial charge in [-0.2, -0.15) is 0 Å². The van der Waals surface area contributed by atoms with E-state index in [0.717, 1.165) is 0 Å². The summed E-state index contributed by atoms with van der Waals surface area (Å²) in [6, 6.07) is 6.57. The number of hydrogen-bond acceptors (Lipinski definition) is 2. The molecule has 21 heavy (non-hydrogen) atoms. The Morgan fingerprint density at radius 1 is 1.33 bits per heavy atom. The Labute approximate surface area is 124 Å². The summed E-state index contributed by atoms with van der Waals surface area (Å²) in [5, 5.41) is 8.57. The van der Waals surface area contributed by atoms with Gasteiger partial charge < -0.3 is 10.0 Å². The molecule has 5 heteroatoms. The van der Waals surface area contributed by atoms with E-state index in [2.05, 4.69) is 0 Å². The van der Waals surface area contributed by atoms with Gasteiger partial charge >= 0.3 is 5.97 Å². The minimum atomic E-state index is -0.858. The first-order valence-electron chi connectivity index (χ1n) is 7.12. The van der Waals surface area contributed by atoms with Gasteiger partial charge in [0.1, 0.15) is 5.82 Å². The Balaban J connectivity index is 2.40. The van der Waals surface area contributed by atoms with Crippen LogP contribution in [-0.4, -0.2) is 35.5 Å². The van der Waals surface area contributed by atoms with Crippen LogP contribution < -0.4 is 0 Å². The fraction of sp³-hybridized carbons (Fsp3) is 0.500. The second-order valence-corrected chi connectivity index (χ2v) is 5.29. The highest BCUT2D eigenvalue weighted by atomic mass is 19.1. The number of amides is 1. The minimum Gasteiger partial charge on any atom is -0.481 e. The average Bonchev–Trinajstić information content (AvgIpc) is 2.44. The number of rotatable bonds is 8. The molecule has 0 aliphatic carbocycles. The lowest BCUT2D eigenvalue weighted by atomic mass is 9.99. The second kappa shape index (κ2) is 8.39. The number of nitrogens with zero attached hydrogens (tertiary/aromatic N) is 1. The molecule has 1 N–H and O–H groups in total. The van der Waals surface area contributed by atoms with Crippen LogP contribution in [0.2, 0.25) is 0 Å². The van der Waals surface area contributed by atoms with Crippen molar-refractivity contribution in [2.45, 2.75) is 32.6 Å². The predicted molar refractivity (Wildman–Crippen MR) is 78.4 cm³/mol. The number of carboxylic acid groups (broad SMARTS) is 1. The van der Waals surface area contributed by atoms with Crippen LogP contribution in [-0.2, 0) is 16.0 Å². The van der Waals surface area contributed by atoms with Crippen LogP contribution in [0.3, 0.4) is 0 Å². The maximum Gasteiger partial charge on any atom is 0.303 e. The lowest BCUT2D eigenvalue weighted by molar-refractivity contribution is -0.138. The summed E-state index contributed by atoms with van der Waals surface area (Å²) in [5.41, 5.74) is 0.616. The number of halogens is 1. The van der Waals surface area contributed by atoms with Gasteiger partial charge in [0.15, 0.2) is 0 Å². The van der Waals surface area contributed by atoms with Crippen LogP contribution >= 0.6 is 0 Å². The van der Waals surface area contributed by atoms with Gasteiger partial charge in [0.05, 0.1) is 0 Å². The lowest BCUT2D eigenvalue weighted by Gasteiger charge is -2.21. The van der Waals surface area contributed by atoms with Crippen LogP contribution in [0.25, 0.3) is 0 Å². The molecule has 1 unspecified atom stereocenters. The van der Waals surface area contributed by atoms with E-state index in [9.17, 15) is 14.0 Å². The van der Waals surface area contributed by atoms with Crippen molar-refractivity contribution in [3.05, 3.63) is 35.6 Å². The lowest BCUT2D eigenvalue weighted by Crippen LogP contribution is -2.33. The highest BCUT2D eigenvalue weighted by molar-refractivity contribution is 5.78. The molecule has 4 nitrogen and oxygen atoms in total. The Kier molecular flexibility index (Phi) is 6.85. The van der Waals surface area contributed by atoms with E-state index in [0.29, 0.717) is 31.4 Å². The van der Waals surface area contributed by atoms with Crippen molar-refractivity contribution in [2.75, 3.05) is 13.6 Å². The third-order valence-electron chi connectivity index (χ3n) is 3.49. The normalized spacial score (nSPS) is 12.0. The quantitative estimate of drug-likeness (QED) is 0.802. The highest BCUT2D eigenvalue weighted by Crippen LogP contribution is 2.14. The fourth-order valence-corrected chi connectivity index (χ4v) is 2.15. The summed E-state index contributed by atoms with van der Waals surface area (Å²) in [5.74, 6) is -1.34. The second-order valence-electron chi connectivity index (χ2n) is 5.29. The number of hydrogen-bond donors (Lipinski definition) is 1. The van der Waals surface area contributed by atoms with Crippen LogP contribution in [0.15, 0.2) is 24.3 Å². The van der Waals surface area contributed by atoms with Crippen molar-refractivity contribution in [3.8, 4) is 0 Å². The van der Waals surface area contributed by atoms with E-state index in [-0.39, 0.29) is 24.1 Å². The van der Waals surface area contributed by atoms with Gasteiger partial charge in [0, 0.05) is 25.9 Å². The van der Waals surface area contributed by atoms with Crippen molar-refractivity contribution in [1.82, 2.24) is 4.90 Å². The van der Waals surface area contributed by atoms with Crippen molar-refractivity contribution in [3.63, 3.8) is 0 Å². The maximum atomic E-state index is 13.5. The molecular weight excluding hydrogens is 273 g/mol. The largest absolute Gasteiger partial charge is 0.481 e. The Bertz CT molecular complexity index is 490. The summed E-state index contributed by atoms with van der Waals surface area (Å²) in [7, 11) is 1.67. The Hall–Kier alpha value is -1.91. The molecule has 0 aromatic heterocycles. The van der Waals surface area contributed by atoms with Gasteiger partial charge in [-0.05, 0) is 30.9 Å². The smallest absolute Gasteiger partial charge is 0.303 e. The van der Waals surface area contributed by atoms with Gasteiger partial charge in [-0.15, -0.1) is 0 Å². The van der Waals surface area contributed by atoms with Gasteiger partial charge in [0.2, 0.25) is 5.91 Å². The standard InChI is InChI=1S/C16H22FNO3/c1-12(9-10-13-6-3-4-7-14(13)17)16(21)18(2)11-5-8-15(19)20/h3-4,6-7,12H,5,8-11H2,1-2H3,(H,19,20). The number of aryl methyl sites for hydroxylation is 1. The predicted octanol–water partition coefficient (Wildman–Crippen LogP) is 2.72. The zero-order valence-corrected chi connectivity index (χ0v) is 12.5. The molecule has 0 saturated heterocycles. The first kappa shape index (κ1) is 17.1. The van der Waals surface area contributed by atoms with Crippen molar-refractivity contribution < 1.29 is 19.1 Å². The average molecular weight is 295 g/mol. The minimum absolute atomic E-state index is 0.0308. The topological polar surface area (TPSA) is 57.6 Å². The van der Waals surface area contributed by atoms with E-state index in [1.807, 2.05) is 6.92 Å². The molecular formula is C16H22FNO3. The van der Waals surface area contributed by atoms with Gasteiger partial charge in [-0.3, -0.25) is 9.59 Å². The van der Waals surface area contributed by atoms with Gasteiger partial charge in [0.25, 0.3) is 0 Å². The third kappa shape index (κ3) is 5.94. The van der Waals surface area contributed by atoms with Crippen molar-refractivity contribution in [2.24, 2.45) is 5.92 Å². The van der Waals surface area contributed by atoms with E-state index >= 15 is 0 Å². The molecule has 0 spiro atoms. The summed E-state index contributed by atoms with van der Waals surface area (Å²) in [4.78, 5) is 24.1. The fourth-order valence-electron chi connectivity index (χ4n) is 2.15. The number of carbonyl (C=O) groups excluding carboxylic acids is 1. The number of benzene rings is 1. The van der Waals surface area contributed by atoms with E-state index in [1.54, 1.807) is 30.1 Å². The summed E-state index contributed by atoms with van der Waals surface area (Å²) in [6.45, 7) is 2.24. The monoisotopic (exact) mass is 295 g/mol. The van der Waals surface area contributed by atoms with Crippen LogP contribution in [0.5, 0.6) is 0 Å². The summed E-state index contributed by atoms with van der Waals surface area (Å²) < 4.78 is 13.5. The Morgan fingerprint density at radius 3 is 2.62 bits per heavy atom. The van der Waals surface area contributed by atoms with Gasteiger partial charge in [-0.1, -0.05) is 25.1 Å². The molecule has 0 aliphatic heterocycles. The molecule has 0 aliphatic rings. The third-order valence-corrected chi connectivity index (χ3v) is 3.49. The SMILES string of the molecule is CC(CCc1ccccc1F)C(=O)N(C)CCCC(=O)O. The Morgan fingerprint density at radius 2 is 2.00 bits per heavy atom. The number of carboxylic acids is 1. The first-order valence-corrected chi connectivity index (χ1v) is 7.12. The zero-order chi connectivity index (χ0) is 15.8. The molecule has 0 radical (unpaired) electrons.